The molecule has 0 N–H and O–H groups in total. The number of esters is 1. The van der Waals surface area contributed by atoms with Crippen molar-refractivity contribution in [2.45, 2.75) is 36.0 Å². The first-order valence-corrected chi connectivity index (χ1v) is 6.89. The molecule has 1 aromatic heterocycles. The molecule has 1 aliphatic carbocycles. The van der Waals surface area contributed by atoms with Gasteiger partial charge in [-0.2, -0.15) is 0 Å². The Kier molecular flexibility index (Phi) is 4.36. The minimum absolute atomic E-state index is 0.102. The molecule has 0 bridgehead atoms. The summed E-state index contributed by atoms with van der Waals surface area (Å²) in [5, 5.41) is 11.8. The van der Waals surface area contributed by atoms with Gasteiger partial charge in [0.25, 0.3) is 0 Å². The van der Waals surface area contributed by atoms with E-state index < -0.39 is 10.9 Å². The molecule has 102 valence electrons. The first-order chi connectivity index (χ1) is 9.11. The normalized spacial score (nSPS) is 15.4. The zero-order chi connectivity index (χ0) is 13.8. The Morgan fingerprint density at radius 2 is 2.21 bits per heavy atom. The summed E-state index contributed by atoms with van der Waals surface area (Å²) in [5.41, 5.74) is -0.0234. The molecular weight excluding hydrogens is 268 g/mol. The second-order valence-electron chi connectivity index (χ2n) is 4.32. The maximum Gasteiger partial charge on any atom is 0.339 e. The summed E-state index contributed by atoms with van der Waals surface area (Å²) in [4.78, 5) is 26.0. The van der Waals surface area contributed by atoms with Crippen LogP contribution in [0.15, 0.2) is 17.3 Å². The van der Waals surface area contributed by atoms with E-state index in [4.69, 9.17) is 0 Å². The zero-order valence-corrected chi connectivity index (χ0v) is 11.3. The lowest BCUT2D eigenvalue weighted by Crippen LogP contribution is -2.05. The molecule has 1 saturated carbocycles. The molecule has 0 atom stereocenters. The van der Waals surface area contributed by atoms with E-state index in [1.807, 2.05) is 0 Å². The lowest BCUT2D eigenvalue weighted by molar-refractivity contribution is -0.388. The van der Waals surface area contributed by atoms with Gasteiger partial charge in [-0.25, -0.2) is 9.78 Å². The Morgan fingerprint density at radius 1 is 1.53 bits per heavy atom. The summed E-state index contributed by atoms with van der Waals surface area (Å²) in [6.07, 6.45) is 5.76. The van der Waals surface area contributed by atoms with Crippen LogP contribution in [0.25, 0.3) is 0 Å². The van der Waals surface area contributed by atoms with Crippen LogP contribution in [0.3, 0.4) is 0 Å². The Labute approximate surface area is 114 Å². The fourth-order valence-electron chi connectivity index (χ4n) is 2.06. The molecule has 1 heterocycles. The van der Waals surface area contributed by atoms with Crippen molar-refractivity contribution >= 4 is 23.4 Å². The van der Waals surface area contributed by atoms with E-state index in [1.165, 1.54) is 31.1 Å². The largest absolute Gasteiger partial charge is 0.465 e. The van der Waals surface area contributed by atoms with E-state index in [0.717, 1.165) is 25.7 Å². The minimum atomic E-state index is -0.618. The van der Waals surface area contributed by atoms with E-state index in [9.17, 15) is 14.9 Å². The molecule has 1 fully saturated rings. The van der Waals surface area contributed by atoms with Gasteiger partial charge in [0, 0.05) is 17.5 Å². The molecule has 0 aromatic carbocycles. The fourth-order valence-corrected chi connectivity index (χ4v) is 3.31. The third kappa shape index (κ3) is 3.23. The second kappa shape index (κ2) is 6.01. The molecule has 0 radical (unpaired) electrons. The number of thioether (sulfide) groups is 1. The number of ether oxygens (including phenoxy) is 1. The van der Waals surface area contributed by atoms with E-state index >= 15 is 0 Å². The van der Waals surface area contributed by atoms with Gasteiger partial charge < -0.3 is 4.74 Å². The molecule has 0 amide bonds. The highest BCUT2D eigenvalue weighted by Crippen LogP contribution is 2.37. The number of carbonyl (C=O) groups is 1. The Morgan fingerprint density at radius 3 is 2.79 bits per heavy atom. The molecule has 19 heavy (non-hydrogen) atoms. The van der Waals surface area contributed by atoms with Crippen molar-refractivity contribution in [1.82, 2.24) is 4.98 Å². The molecule has 0 unspecified atom stereocenters. The molecule has 1 aliphatic rings. The number of aromatic nitrogens is 1. The van der Waals surface area contributed by atoms with Gasteiger partial charge in [0.15, 0.2) is 5.03 Å². The third-order valence-corrected chi connectivity index (χ3v) is 4.37. The maximum absolute atomic E-state index is 11.4. The van der Waals surface area contributed by atoms with E-state index in [1.54, 1.807) is 0 Å². The van der Waals surface area contributed by atoms with Crippen LogP contribution in [0.4, 0.5) is 5.69 Å². The highest BCUT2D eigenvalue weighted by Gasteiger charge is 2.24. The SMILES string of the molecule is COC(=O)c1cnc(SC2CCCC2)c([N+](=O)[O-])c1. The predicted molar refractivity (Wildman–Crippen MR) is 70.3 cm³/mol. The number of methoxy groups -OCH3 is 1. The lowest BCUT2D eigenvalue weighted by Gasteiger charge is -2.08. The summed E-state index contributed by atoms with van der Waals surface area (Å²) < 4.78 is 4.54. The molecule has 7 heteroatoms. The fraction of sp³-hybridized carbons (Fsp3) is 0.500. The van der Waals surface area contributed by atoms with Crippen LogP contribution in [-0.4, -0.2) is 28.2 Å². The van der Waals surface area contributed by atoms with Crippen LogP contribution < -0.4 is 0 Å². The minimum Gasteiger partial charge on any atom is -0.465 e. The topological polar surface area (TPSA) is 82.3 Å². The van der Waals surface area contributed by atoms with Crippen molar-refractivity contribution in [2.24, 2.45) is 0 Å². The Balaban J connectivity index is 2.26. The maximum atomic E-state index is 11.4. The number of nitro groups is 1. The second-order valence-corrected chi connectivity index (χ2v) is 5.61. The van der Waals surface area contributed by atoms with E-state index in [2.05, 4.69) is 9.72 Å². The molecule has 0 aliphatic heterocycles. The van der Waals surface area contributed by atoms with Gasteiger partial charge >= 0.3 is 11.7 Å². The van der Waals surface area contributed by atoms with E-state index in [0.29, 0.717) is 10.3 Å². The van der Waals surface area contributed by atoms with Crippen LogP contribution in [0.2, 0.25) is 0 Å². The summed E-state index contributed by atoms with van der Waals surface area (Å²) in [6, 6.07) is 1.23. The Hall–Kier alpha value is -1.63. The van der Waals surface area contributed by atoms with Crippen molar-refractivity contribution in [3.05, 3.63) is 27.9 Å². The first-order valence-electron chi connectivity index (χ1n) is 6.01. The smallest absolute Gasteiger partial charge is 0.339 e. The number of carbonyl (C=O) groups excluding carboxylic acids is 1. The third-order valence-electron chi connectivity index (χ3n) is 3.03. The molecule has 2 rings (SSSR count). The van der Waals surface area contributed by atoms with Crippen LogP contribution in [0.5, 0.6) is 0 Å². The number of pyridine rings is 1. The van der Waals surface area contributed by atoms with Gasteiger partial charge in [0.2, 0.25) is 0 Å². The van der Waals surface area contributed by atoms with Crippen molar-refractivity contribution in [1.29, 1.82) is 0 Å². The summed E-state index contributed by atoms with van der Waals surface area (Å²) >= 11 is 1.43. The molecule has 0 saturated heterocycles. The van der Waals surface area contributed by atoms with Gasteiger partial charge in [-0.1, -0.05) is 24.6 Å². The van der Waals surface area contributed by atoms with Crippen LogP contribution in [0.1, 0.15) is 36.0 Å². The average Bonchev–Trinajstić information content (AvgIpc) is 2.91. The molecule has 1 aromatic rings. The first kappa shape index (κ1) is 13.8. The van der Waals surface area contributed by atoms with Crippen molar-refractivity contribution < 1.29 is 14.5 Å². The lowest BCUT2D eigenvalue weighted by atomic mass is 10.3. The standard InChI is InChI=1S/C12H14N2O4S/c1-18-12(15)8-6-10(14(16)17)11(13-7-8)19-9-4-2-3-5-9/h6-7,9H,2-5H2,1H3. The van der Waals surface area contributed by atoms with Crippen molar-refractivity contribution in [3.63, 3.8) is 0 Å². The summed E-state index contributed by atoms with van der Waals surface area (Å²) in [6.45, 7) is 0. The molecule has 0 spiro atoms. The highest BCUT2D eigenvalue weighted by atomic mass is 32.2. The van der Waals surface area contributed by atoms with Crippen molar-refractivity contribution in [2.75, 3.05) is 7.11 Å². The number of hydrogen-bond donors (Lipinski definition) is 0. The van der Waals surface area contributed by atoms with E-state index in [-0.39, 0.29) is 11.3 Å². The molecular formula is C12H14N2O4S. The number of rotatable bonds is 4. The number of hydrogen-bond acceptors (Lipinski definition) is 6. The zero-order valence-electron chi connectivity index (χ0n) is 10.5. The summed E-state index contributed by atoms with van der Waals surface area (Å²) in [7, 11) is 1.23. The summed E-state index contributed by atoms with van der Waals surface area (Å²) in [5.74, 6) is -0.618. The van der Waals surface area contributed by atoms with Gasteiger partial charge in [-0.05, 0) is 12.8 Å². The van der Waals surface area contributed by atoms with Gasteiger partial charge in [-0.15, -0.1) is 0 Å². The quantitative estimate of drug-likeness (QED) is 0.480. The van der Waals surface area contributed by atoms with Gasteiger partial charge in [0.1, 0.15) is 0 Å². The highest BCUT2D eigenvalue weighted by molar-refractivity contribution is 8.00. The van der Waals surface area contributed by atoms with Crippen LogP contribution >= 0.6 is 11.8 Å². The average molecular weight is 282 g/mol. The predicted octanol–water partition coefficient (Wildman–Crippen LogP) is 2.81. The Bertz CT molecular complexity index is 501. The van der Waals surface area contributed by atoms with Crippen molar-refractivity contribution in [3.8, 4) is 0 Å². The van der Waals surface area contributed by atoms with Crippen LogP contribution in [0, 0.1) is 10.1 Å². The van der Waals surface area contributed by atoms with Gasteiger partial charge in [0.05, 0.1) is 17.6 Å². The number of nitrogens with zero attached hydrogens (tertiary/aromatic N) is 2. The van der Waals surface area contributed by atoms with Crippen LogP contribution in [-0.2, 0) is 4.74 Å². The van der Waals surface area contributed by atoms with Gasteiger partial charge in [-0.3, -0.25) is 10.1 Å². The molecule has 6 nitrogen and oxygen atoms in total. The monoisotopic (exact) mass is 282 g/mol.